The molecule has 5 heteroatoms. The van der Waals surface area contributed by atoms with Gasteiger partial charge in [0.25, 0.3) is 0 Å². The highest BCUT2D eigenvalue weighted by Gasteiger charge is 2.57. The van der Waals surface area contributed by atoms with Crippen LogP contribution in [0.5, 0.6) is 0 Å². The first-order valence-electron chi connectivity index (χ1n) is 8.64. The molecule has 3 heterocycles. The number of carbonyl (C=O) groups excluding carboxylic acids is 1. The van der Waals surface area contributed by atoms with Crippen molar-refractivity contribution in [1.29, 1.82) is 0 Å². The highest BCUT2D eigenvalue weighted by molar-refractivity contribution is 5.89. The van der Waals surface area contributed by atoms with Crippen molar-refractivity contribution in [2.75, 3.05) is 13.1 Å². The summed E-state index contributed by atoms with van der Waals surface area (Å²) in [5, 5.41) is 8.76. The minimum absolute atomic E-state index is 0.165. The molecule has 4 rings (SSSR count). The van der Waals surface area contributed by atoms with Gasteiger partial charge in [-0.3, -0.25) is 14.8 Å². The number of aryl methyl sites for hydroxylation is 2. The van der Waals surface area contributed by atoms with Gasteiger partial charge < -0.3 is 10.6 Å². The van der Waals surface area contributed by atoms with Crippen LogP contribution in [0.1, 0.15) is 30.9 Å². The lowest BCUT2D eigenvalue weighted by Gasteiger charge is -2.28. The molecule has 0 aromatic carbocycles. The lowest BCUT2D eigenvalue weighted by molar-refractivity contribution is -0.124. The van der Waals surface area contributed by atoms with E-state index < -0.39 is 5.54 Å². The fourth-order valence-electron chi connectivity index (χ4n) is 4.18. The highest BCUT2D eigenvalue weighted by Crippen LogP contribution is 2.49. The SMILES string of the molecule is Cc1cc2c(C)nccc2c(C(C)(C)NC(=O)[C@H]2[C@@H]3CNC[C@@H]32)n1. The molecule has 126 valence electrons. The Hall–Kier alpha value is -2.01. The Bertz CT molecular complexity index is 819. The maximum absolute atomic E-state index is 12.7. The number of rotatable bonds is 3. The number of hydrogen-bond acceptors (Lipinski definition) is 4. The van der Waals surface area contributed by atoms with E-state index in [0.29, 0.717) is 11.8 Å². The van der Waals surface area contributed by atoms with Crippen LogP contribution in [0.2, 0.25) is 0 Å². The third-order valence-corrected chi connectivity index (χ3v) is 5.51. The first-order valence-corrected chi connectivity index (χ1v) is 8.64. The Morgan fingerprint density at radius 1 is 1.25 bits per heavy atom. The molecule has 1 saturated carbocycles. The monoisotopic (exact) mass is 324 g/mol. The maximum atomic E-state index is 12.7. The summed E-state index contributed by atoms with van der Waals surface area (Å²) in [6.07, 6.45) is 1.81. The second-order valence-corrected chi connectivity index (χ2v) is 7.73. The quantitative estimate of drug-likeness (QED) is 0.907. The number of aromatic nitrogens is 2. The molecule has 2 fully saturated rings. The molecular formula is C19H24N4O. The van der Waals surface area contributed by atoms with Crippen LogP contribution >= 0.6 is 0 Å². The van der Waals surface area contributed by atoms with E-state index in [1.54, 1.807) is 0 Å². The number of carbonyl (C=O) groups is 1. The number of nitrogens with zero attached hydrogens (tertiary/aromatic N) is 2. The molecule has 2 aromatic rings. The summed E-state index contributed by atoms with van der Waals surface area (Å²) in [5.74, 6) is 1.38. The molecule has 2 aromatic heterocycles. The van der Waals surface area contributed by atoms with Gasteiger partial charge in [0.15, 0.2) is 0 Å². The lowest BCUT2D eigenvalue weighted by Crippen LogP contribution is -2.43. The fourth-order valence-corrected chi connectivity index (χ4v) is 4.18. The molecule has 0 spiro atoms. The van der Waals surface area contributed by atoms with E-state index in [4.69, 9.17) is 4.98 Å². The van der Waals surface area contributed by atoms with Gasteiger partial charge in [-0.2, -0.15) is 0 Å². The zero-order chi connectivity index (χ0) is 17.1. The molecule has 1 saturated heterocycles. The molecule has 0 radical (unpaired) electrons. The molecule has 0 unspecified atom stereocenters. The number of fused-ring (bicyclic) bond motifs is 2. The summed E-state index contributed by atoms with van der Waals surface area (Å²) in [6, 6.07) is 4.06. The van der Waals surface area contributed by atoms with Gasteiger partial charge in [-0.05, 0) is 64.8 Å². The van der Waals surface area contributed by atoms with Crippen LogP contribution in [0, 0.1) is 31.6 Å². The van der Waals surface area contributed by atoms with Gasteiger partial charge in [0.2, 0.25) is 5.91 Å². The van der Waals surface area contributed by atoms with Gasteiger partial charge in [-0.15, -0.1) is 0 Å². The van der Waals surface area contributed by atoms with Crippen LogP contribution in [0.4, 0.5) is 0 Å². The van der Waals surface area contributed by atoms with Crippen LogP contribution in [0.25, 0.3) is 10.8 Å². The van der Waals surface area contributed by atoms with E-state index in [0.717, 1.165) is 40.9 Å². The molecule has 3 atom stereocenters. The van der Waals surface area contributed by atoms with Crippen molar-refractivity contribution in [2.24, 2.45) is 17.8 Å². The van der Waals surface area contributed by atoms with Crippen molar-refractivity contribution in [1.82, 2.24) is 20.6 Å². The maximum Gasteiger partial charge on any atom is 0.224 e. The van der Waals surface area contributed by atoms with Crippen molar-refractivity contribution in [3.05, 3.63) is 35.4 Å². The Balaban J connectivity index is 1.68. The Kier molecular flexibility index (Phi) is 3.39. The summed E-state index contributed by atoms with van der Waals surface area (Å²) >= 11 is 0. The molecule has 1 aliphatic heterocycles. The second kappa shape index (κ2) is 5.24. The highest BCUT2D eigenvalue weighted by atomic mass is 16.2. The standard InChI is InChI=1S/C19H24N4O/c1-10-7-13-11(2)21-6-5-12(13)17(22-10)19(3,4)23-18(24)16-14-8-20-9-15(14)16/h5-7,14-16,20H,8-9H2,1-4H3,(H,23,24)/t14-,15+,16+. The lowest BCUT2D eigenvalue weighted by atomic mass is 9.93. The molecule has 2 N–H and O–H groups in total. The van der Waals surface area contributed by atoms with Crippen molar-refractivity contribution in [3.63, 3.8) is 0 Å². The molecule has 2 aliphatic rings. The van der Waals surface area contributed by atoms with Crippen molar-refractivity contribution < 1.29 is 4.79 Å². The van der Waals surface area contributed by atoms with E-state index in [-0.39, 0.29) is 11.8 Å². The predicted molar refractivity (Wildman–Crippen MR) is 93.5 cm³/mol. The molecule has 1 aliphatic carbocycles. The molecular weight excluding hydrogens is 300 g/mol. The van der Waals surface area contributed by atoms with E-state index >= 15 is 0 Å². The van der Waals surface area contributed by atoms with E-state index in [2.05, 4.69) is 21.7 Å². The van der Waals surface area contributed by atoms with Crippen LogP contribution < -0.4 is 10.6 Å². The van der Waals surface area contributed by atoms with Gasteiger partial charge in [0.1, 0.15) is 0 Å². The van der Waals surface area contributed by atoms with Crippen molar-refractivity contribution in [2.45, 2.75) is 33.2 Å². The molecule has 5 nitrogen and oxygen atoms in total. The van der Waals surface area contributed by atoms with Gasteiger partial charge in [-0.1, -0.05) is 0 Å². The van der Waals surface area contributed by atoms with Crippen LogP contribution in [0.3, 0.4) is 0 Å². The number of pyridine rings is 2. The number of piperidine rings is 1. The van der Waals surface area contributed by atoms with Crippen LogP contribution in [-0.4, -0.2) is 29.0 Å². The smallest absolute Gasteiger partial charge is 0.224 e. The Morgan fingerprint density at radius 3 is 2.67 bits per heavy atom. The van der Waals surface area contributed by atoms with Crippen LogP contribution in [0.15, 0.2) is 18.3 Å². The third kappa shape index (κ3) is 2.38. The van der Waals surface area contributed by atoms with E-state index in [9.17, 15) is 4.79 Å². The fraction of sp³-hybridized carbons (Fsp3) is 0.526. The number of hydrogen-bond donors (Lipinski definition) is 2. The average Bonchev–Trinajstić information content (AvgIpc) is 3.01. The topological polar surface area (TPSA) is 66.9 Å². The van der Waals surface area contributed by atoms with E-state index in [1.165, 1.54) is 0 Å². The largest absolute Gasteiger partial charge is 0.345 e. The first kappa shape index (κ1) is 15.5. The minimum atomic E-state index is -0.514. The van der Waals surface area contributed by atoms with Gasteiger partial charge in [0.05, 0.1) is 11.2 Å². The second-order valence-electron chi connectivity index (χ2n) is 7.73. The third-order valence-electron chi connectivity index (χ3n) is 5.51. The Morgan fingerprint density at radius 2 is 1.96 bits per heavy atom. The minimum Gasteiger partial charge on any atom is -0.345 e. The molecule has 0 bridgehead atoms. The zero-order valence-electron chi connectivity index (χ0n) is 14.7. The van der Waals surface area contributed by atoms with Gasteiger partial charge in [-0.25, -0.2) is 0 Å². The number of amides is 1. The van der Waals surface area contributed by atoms with E-state index in [1.807, 2.05) is 40.0 Å². The number of nitrogens with one attached hydrogen (secondary N) is 2. The van der Waals surface area contributed by atoms with Crippen LogP contribution in [-0.2, 0) is 10.3 Å². The first-order chi connectivity index (χ1) is 11.4. The van der Waals surface area contributed by atoms with Gasteiger partial charge in [0, 0.05) is 34.3 Å². The normalized spacial score (nSPS) is 25.6. The summed E-state index contributed by atoms with van der Waals surface area (Å²) < 4.78 is 0. The Labute approximate surface area is 142 Å². The summed E-state index contributed by atoms with van der Waals surface area (Å²) in [4.78, 5) is 21.9. The predicted octanol–water partition coefficient (Wildman–Crippen LogP) is 2.06. The summed E-state index contributed by atoms with van der Waals surface area (Å²) in [5.41, 5.74) is 2.34. The van der Waals surface area contributed by atoms with Crippen molar-refractivity contribution in [3.8, 4) is 0 Å². The zero-order valence-corrected chi connectivity index (χ0v) is 14.7. The molecule has 24 heavy (non-hydrogen) atoms. The summed E-state index contributed by atoms with van der Waals surface area (Å²) in [6.45, 7) is 10.0. The van der Waals surface area contributed by atoms with Gasteiger partial charge >= 0.3 is 0 Å². The van der Waals surface area contributed by atoms with Crippen molar-refractivity contribution >= 4 is 16.7 Å². The molecule has 1 amide bonds. The average molecular weight is 324 g/mol. The summed E-state index contributed by atoms with van der Waals surface area (Å²) in [7, 11) is 0.